The fourth-order valence-electron chi connectivity index (χ4n) is 2.40. The maximum atomic E-state index is 13.8. The summed E-state index contributed by atoms with van der Waals surface area (Å²) < 4.78 is 14.5. The summed E-state index contributed by atoms with van der Waals surface area (Å²) in [6, 6.07) is 12.2. The third-order valence-corrected chi connectivity index (χ3v) is 4.35. The molecule has 0 heterocycles. The van der Waals surface area contributed by atoms with Crippen molar-refractivity contribution in [1.29, 1.82) is 0 Å². The molecule has 138 valence electrons. The number of hydrogen-bond donors (Lipinski definition) is 3. The normalized spacial score (nSPS) is 11.3. The van der Waals surface area contributed by atoms with Gasteiger partial charge in [0.25, 0.3) is 0 Å². The molecule has 4 N–H and O–H groups in total. The van der Waals surface area contributed by atoms with Gasteiger partial charge in [0.1, 0.15) is 5.82 Å². The number of aryl methyl sites for hydroxylation is 1. The number of halogens is 2. The molecular weight excluding hydrogens is 399 g/mol. The minimum Gasteiger partial charge on any atom is -0.366 e. The van der Waals surface area contributed by atoms with Crippen molar-refractivity contribution in [3.63, 3.8) is 0 Å². The lowest BCUT2D eigenvalue weighted by Crippen LogP contribution is -2.37. The summed E-state index contributed by atoms with van der Waals surface area (Å²) in [6.45, 7) is 1.25. The number of carbonyl (C=O) groups excluding carboxylic acids is 1. The van der Waals surface area contributed by atoms with Crippen molar-refractivity contribution in [1.82, 2.24) is 10.6 Å². The molecule has 0 aliphatic heterocycles. The third kappa shape index (κ3) is 6.15. The van der Waals surface area contributed by atoms with Gasteiger partial charge in [-0.2, -0.15) is 0 Å². The summed E-state index contributed by atoms with van der Waals surface area (Å²) in [5.41, 5.74) is 7.42. The molecule has 1 amide bonds. The van der Waals surface area contributed by atoms with E-state index in [4.69, 9.17) is 5.73 Å². The van der Waals surface area contributed by atoms with E-state index in [0.717, 1.165) is 16.5 Å². The lowest BCUT2D eigenvalue weighted by atomic mass is 10.1. The zero-order chi connectivity index (χ0) is 18.9. The summed E-state index contributed by atoms with van der Waals surface area (Å²) in [5, 5.41) is 6.40. The molecule has 5 nitrogen and oxygen atoms in total. The van der Waals surface area contributed by atoms with E-state index in [9.17, 15) is 9.18 Å². The average molecular weight is 421 g/mol. The Bertz CT molecular complexity index is 778. The van der Waals surface area contributed by atoms with Gasteiger partial charge in [-0.25, -0.2) is 4.39 Å². The van der Waals surface area contributed by atoms with E-state index in [2.05, 4.69) is 31.6 Å². The molecule has 0 bridgehead atoms. The van der Waals surface area contributed by atoms with Crippen LogP contribution in [0, 0.1) is 5.82 Å². The van der Waals surface area contributed by atoms with E-state index in [-0.39, 0.29) is 5.82 Å². The Kier molecular flexibility index (Phi) is 7.59. The molecule has 0 atom stereocenters. The van der Waals surface area contributed by atoms with Crippen LogP contribution in [-0.2, 0) is 13.0 Å². The first kappa shape index (κ1) is 19.9. The number of nitrogens with one attached hydrogen (secondary N) is 2. The van der Waals surface area contributed by atoms with Crippen LogP contribution in [0.3, 0.4) is 0 Å². The SMILES string of the molecule is CN=C(NCCCc1ccc(Br)cc1F)NCc1ccc(C(N)=O)cc1. The highest BCUT2D eigenvalue weighted by Crippen LogP contribution is 2.16. The molecule has 0 aliphatic rings. The summed E-state index contributed by atoms with van der Waals surface area (Å²) in [7, 11) is 1.69. The third-order valence-electron chi connectivity index (χ3n) is 3.85. The molecular formula is C19H22BrFN4O. The Morgan fingerprint density at radius 2 is 1.92 bits per heavy atom. The largest absolute Gasteiger partial charge is 0.366 e. The van der Waals surface area contributed by atoms with Gasteiger partial charge >= 0.3 is 0 Å². The van der Waals surface area contributed by atoms with Crippen molar-refractivity contribution in [2.45, 2.75) is 19.4 Å². The number of benzene rings is 2. The summed E-state index contributed by atoms with van der Waals surface area (Å²) in [6.07, 6.45) is 1.43. The van der Waals surface area contributed by atoms with Crippen LogP contribution in [0.15, 0.2) is 51.9 Å². The van der Waals surface area contributed by atoms with Crippen LogP contribution in [0.4, 0.5) is 4.39 Å². The van der Waals surface area contributed by atoms with E-state index in [1.807, 2.05) is 18.2 Å². The van der Waals surface area contributed by atoms with Crippen LogP contribution in [-0.4, -0.2) is 25.5 Å². The monoisotopic (exact) mass is 420 g/mol. The van der Waals surface area contributed by atoms with Crippen molar-refractivity contribution < 1.29 is 9.18 Å². The van der Waals surface area contributed by atoms with E-state index >= 15 is 0 Å². The fraction of sp³-hybridized carbons (Fsp3) is 0.263. The summed E-state index contributed by atoms with van der Waals surface area (Å²) in [4.78, 5) is 15.2. The smallest absolute Gasteiger partial charge is 0.248 e. The second kappa shape index (κ2) is 9.91. The number of guanidine groups is 1. The number of carbonyl (C=O) groups is 1. The standard InChI is InChI=1S/C19H22BrFN4O/c1-23-19(25-12-13-4-6-15(7-5-13)18(22)26)24-10-2-3-14-8-9-16(20)11-17(14)21/h4-9,11H,2-3,10,12H2,1H3,(H2,22,26)(H2,23,24,25). The number of nitrogens with zero attached hydrogens (tertiary/aromatic N) is 1. The number of nitrogens with two attached hydrogens (primary N) is 1. The Balaban J connectivity index is 1.74. The van der Waals surface area contributed by atoms with E-state index in [1.54, 1.807) is 25.2 Å². The summed E-state index contributed by atoms with van der Waals surface area (Å²) >= 11 is 3.25. The highest BCUT2D eigenvalue weighted by Gasteiger charge is 2.04. The molecule has 0 aromatic heterocycles. The van der Waals surface area contributed by atoms with Crippen LogP contribution in [0.1, 0.15) is 27.9 Å². The zero-order valence-corrected chi connectivity index (χ0v) is 16.1. The second-order valence-corrected chi connectivity index (χ2v) is 6.67. The number of aliphatic imine (C=N–C) groups is 1. The maximum Gasteiger partial charge on any atom is 0.248 e. The molecule has 0 unspecified atom stereocenters. The Hall–Kier alpha value is -2.41. The molecule has 0 fully saturated rings. The average Bonchev–Trinajstić information content (AvgIpc) is 2.63. The predicted octanol–water partition coefficient (Wildman–Crippen LogP) is 2.98. The van der Waals surface area contributed by atoms with Gasteiger partial charge in [-0.15, -0.1) is 0 Å². The van der Waals surface area contributed by atoms with Gasteiger partial charge in [-0.05, 0) is 48.2 Å². The maximum absolute atomic E-state index is 13.8. The van der Waals surface area contributed by atoms with Crippen molar-refractivity contribution in [3.05, 3.63) is 69.4 Å². The van der Waals surface area contributed by atoms with Gasteiger partial charge in [0.15, 0.2) is 5.96 Å². The lowest BCUT2D eigenvalue weighted by molar-refractivity contribution is 0.100. The molecule has 0 radical (unpaired) electrons. The minimum atomic E-state index is -0.441. The highest BCUT2D eigenvalue weighted by molar-refractivity contribution is 9.10. The predicted molar refractivity (Wildman–Crippen MR) is 106 cm³/mol. The van der Waals surface area contributed by atoms with Gasteiger partial charge in [0, 0.05) is 30.2 Å². The molecule has 2 aromatic rings. The van der Waals surface area contributed by atoms with Gasteiger partial charge in [-0.1, -0.05) is 34.1 Å². The van der Waals surface area contributed by atoms with Crippen LogP contribution < -0.4 is 16.4 Å². The molecule has 0 saturated heterocycles. The fourth-order valence-corrected chi connectivity index (χ4v) is 2.74. The molecule has 7 heteroatoms. The highest BCUT2D eigenvalue weighted by atomic mass is 79.9. The van der Waals surface area contributed by atoms with Gasteiger partial charge < -0.3 is 16.4 Å². The van der Waals surface area contributed by atoms with Gasteiger partial charge in [0.05, 0.1) is 0 Å². The molecule has 0 spiro atoms. The topological polar surface area (TPSA) is 79.5 Å². The molecule has 0 aliphatic carbocycles. The Morgan fingerprint density at radius 1 is 1.19 bits per heavy atom. The second-order valence-electron chi connectivity index (χ2n) is 5.75. The van der Waals surface area contributed by atoms with E-state index < -0.39 is 5.91 Å². The van der Waals surface area contributed by atoms with Crippen LogP contribution >= 0.6 is 15.9 Å². The number of rotatable bonds is 7. The molecule has 0 saturated carbocycles. The number of amides is 1. The molecule has 2 aromatic carbocycles. The van der Waals surface area contributed by atoms with E-state index in [0.29, 0.717) is 36.6 Å². The van der Waals surface area contributed by atoms with Crippen molar-refractivity contribution in [2.75, 3.05) is 13.6 Å². The summed E-state index contributed by atoms with van der Waals surface area (Å²) in [5.74, 6) is 0.0331. The minimum absolute atomic E-state index is 0.193. The van der Waals surface area contributed by atoms with Gasteiger partial charge in [0.2, 0.25) is 5.91 Å². The first-order valence-corrected chi connectivity index (χ1v) is 9.06. The quantitative estimate of drug-likeness (QED) is 0.365. The molecule has 2 rings (SSSR count). The van der Waals surface area contributed by atoms with Crippen LogP contribution in [0.25, 0.3) is 0 Å². The first-order valence-electron chi connectivity index (χ1n) is 8.27. The zero-order valence-electron chi connectivity index (χ0n) is 14.6. The van der Waals surface area contributed by atoms with E-state index in [1.165, 1.54) is 6.07 Å². The molecule has 26 heavy (non-hydrogen) atoms. The van der Waals surface area contributed by atoms with Crippen LogP contribution in [0.5, 0.6) is 0 Å². The Labute approximate surface area is 161 Å². The number of hydrogen-bond acceptors (Lipinski definition) is 2. The Morgan fingerprint density at radius 3 is 2.54 bits per heavy atom. The van der Waals surface area contributed by atoms with Crippen molar-refractivity contribution in [2.24, 2.45) is 10.7 Å². The first-order chi connectivity index (χ1) is 12.5. The lowest BCUT2D eigenvalue weighted by Gasteiger charge is -2.12. The van der Waals surface area contributed by atoms with Gasteiger partial charge in [-0.3, -0.25) is 9.79 Å². The van der Waals surface area contributed by atoms with Crippen LogP contribution in [0.2, 0.25) is 0 Å². The number of primary amides is 1. The van der Waals surface area contributed by atoms with Crippen molar-refractivity contribution in [3.8, 4) is 0 Å². The van der Waals surface area contributed by atoms with Crippen molar-refractivity contribution >= 4 is 27.8 Å².